The number of esters is 1. The highest BCUT2D eigenvalue weighted by Crippen LogP contribution is 2.13. The van der Waals surface area contributed by atoms with E-state index in [0.29, 0.717) is 6.42 Å². The molecular weight excluding hydrogens is 312 g/mol. The number of aryl methyl sites for hydroxylation is 1. The first kappa shape index (κ1) is 21.6. The molecule has 1 rings (SSSR count). The molecule has 0 saturated heterocycles. The smallest absolute Gasteiger partial charge is 0.305 e. The zero-order valence-corrected chi connectivity index (χ0v) is 16.0. The number of rotatable bonds is 16. The van der Waals surface area contributed by atoms with Crippen molar-refractivity contribution >= 4 is 5.97 Å². The summed E-state index contributed by atoms with van der Waals surface area (Å²) < 4.78 is 4.64. The molecule has 0 aromatic carbocycles. The summed E-state index contributed by atoms with van der Waals surface area (Å²) >= 11 is 0. The Morgan fingerprint density at radius 3 is 1.80 bits per heavy atom. The molecule has 1 aromatic rings. The van der Waals surface area contributed by atoms with Gasteiger partial charge in [-0.15, -0.1) is 0 Å². The molecule has 0 amide bonds. The monoisotopic (exact) mass is 348 g/mol. The van der Waals surface area contributed by atoms with Gasteiger partial charge in [-0.2, -0.15) is 0 Å². The molecule has 25 heavy (non-hydrogen) atoms. The Labute approximate surface area is 153 Å². The van der Waals surface area contributed by atoms with Crippen LogP contribution in [0, 0.1) is 0 Å². The fourth-order valence-electron chi connectivity index (χ4n) is 3.08. The second-order valence-electron chi connectivity index (χ2n) is 6.87. The van der Waals surface area contributed by atoms with Gasteiger partial charge in [0.05, 0.1) is 12.8 Å². The van der Waals surface area contributed by atoms with Crippen LogP contribution in [0.1, 0.15) is 95.6 Å². The Morgan fingerprint density at radius 1 is 0.800 bits per heavy atom. The van der Waals surface area contributed by atoms with Gasteiger partial charge in [-0.05, 0) is 19.3 Å². The van der Waals surface area contributed by atoms with E-state index in [2.05, 4.69) is 14.7 Å². The van der Waals surface area contributed by atoms with Crippen LogP contribution in [0.15, 0.2) is 18.6 Å². The largest absolute Gasteiger partial charge is 0.469 e. The number of carbonyl (C=O) groups is 1. The number of unbranched alkanes of at least 4 members (excludes halogenated alkanes) is 12. The summed E-state index contributed by atoms with van der Waals surface area (Å²) in [5.74, 6) is -0.0752. The number of nitrogens with zero attached hydrogens (tertiary/aromatic N) is 2. The molecular formula is C21H36N2O2. The maximum Gasteiger partial charge on any atom is 0.305 e. The molecule has 0 aliphatic heterocycles. The average Bonchev–Trinajstić information content (AvgIpc) is 2.65. The van der Waals surface area contributed by atoms with E-state index in [1.807, 2.05) is 6.20 Å². The predicted molar refractivity (Wildman–Crippen MR) is 102 cm³/mol. The van der Waals surface area contributed by atoms with Crippen LogP contribution in [0.3, 0.4) is 0 Å². The van der Waals surface area contributed by atoms with E-state index >= 15 is 0 Å². The Balaban J connectivity index is 1.73. The molecule has 0 aliphatic carbocycles. The van der Waals surface area contributed by atoms with Gasteiger partial charge in [-0.1, -0.05) is 70.6 Å². The van der Waals surface area contributed by atoms with Gasteiger partial charge in [0, 0.05) is 25.0 Å². The van der Waals surface area contributed by atoms with Crippen molar-refractivity contribution in [1.29, 1.82) is 0 Å². The molecule has 0 atom stereocenters. The molecule has 4 heteroatoms. The van der Waals surface area contributed by atoms with Gasteiger partial charge in [-0.3, -0.25) is 14.8 Å². The third kappa shape index (κ3) is 13.5. The van der Waals surface area contributed by atoms with Crippen LogP contribution in [-0.2, 0) is 16.0 Å². The number of hydrogen-bond donors (Lipinski definition) is 0. The van der Waals surface area contributed by atoms with E-state index < -0.39 is 0 Å². The number of ether oxygens (including phenoxy) is 1. The van der Waals surface area contributed by atoms with Gasteiger partial charge in [0.1, 0.15) is 0 Å². The minimum atomic E-state index is -0.0752. The predicted octanol–water partition coefficient (Wildman–Crippen LogP) is 5.65. The summed E-state index contributed by atoms with van der Waals surface area (Å²) in [7, 11) is 1.46. The minimum absolute atomic E-state index is 0.0752. The summed E-state index contributed by atoms with van der Waals surface area (Å²) in [6.45, 7) is 0. The highest BCUT2D eigenvalue weighted by Gasteiger charge is 1.99. The third-order valence-electron chi connectivity index (χ3n) is 4.66. The lowest BCUT2D eigenvalue weighted by Gasteiger charge is -2.03. The molecule has 0 unspecified atom stereocenters. The molecule has 0 spiro atoms. The molecule has 1 aromatic heterocycles. The van der Waals surface area contributed by atoms with Crippen molar-refractivity contribution in [3.05, 3.63) is 24.3 Å². The number of hydrogen-bond acceptors (Lipinski definition) is 4. The summed E-state index contributed by atoms with van der Waals surface area (Å²) in [6, 6.07) is 0. The van der Waals surface area contributed by atoms with Crippen LogP contribution in [0.25, 0.3) is 0 Å². The second-order valence-corrected chi connectivity index (χ2v) is 6.87. The summed E-state index contributed by atoms with van der Waals surface area (Å²) in [4.78, 5) is 19.4. The second kappa shape index (κ2) is 16.0. The Hall–Kier alpha value is -1.45. The maximum atomic E-state index is 11.0. The minimum Gasteiger partial charge on any atom is -0.469 e. The van der Waals surface area contributed by atoms with Crippen molar-refractivity contribution in [3.8, 4) is 0 Å². The quantitative estimate of drug-likeness (QED) is 0.286. The molecule has 0 bridgehead atoms. The summed E-state index contributed by atoms with van der Waals surface area (Å²) in [5, 5.41) is 0. The molecule has 0 aliphatic rings. The number of carbonyl (C=O) groups excluding carboxylic acids is 1. The normalized spacial score (nSPS) is 10.8. The Morgan fingerprint density at radius 2 is 1.32 bits per heavy atom. The molecule has 0 N–H and O–H groups in total. The highest BCUT2D eigenvalue weighted by molar-refractivity contribution is 5.68. The van der Waals surface area contributed by atoms with Crippen LogP contribution in [0.4, 0.5) is 0 Å². The molecule has 4 nitrogen and oxygen atoms in total. The van der Waals surface area contributed by atoms with Crippen molar-refractivity contribution in [2.75, 3.05) is 7.11 Å². The lowest BCUT2D eigenvalue weighted by atomic mass is 10.0. The Kier molecular flexibility index (Phi) is 13.9. The highest BCUT2D eigenvalue weighted by atomic mass is 16.5. The number of methoxy groups -OCH3 is 1. The van der Waals surface area contributed by atoms with Crippen molar-refractivity contribution in [1.82, 2.24) is 9.97 Å². The van der Waals surface area contributed by atoms with Crippen LogP contribution >= 0.6 is 0 Å². The Bertz CT molecular complexity index is 423. The van der Waals surface area contributed by atoms with Gasteiger partial charge in [0.15, 0.2) is 0 Å². The van der Waals surface area contributed by atoms with Crippen LogP contribution in [-0.4, -0.2) is 23.0 Å². The first-order chi connectivity index (χ1) is 12.3. The summed E-state index contributed by atoms with van der Waals surface area (Å²) in [6.07, 6.45) is 23.8. The molecule has 0 fully saturated rings. The van der Waals surface area contributed by atoms with E-state index in [1.165, 1.54) is 77.7 Å². The fourth-order valence-corrected chi connectivity index (χ4v) is 3.08. The van der Waals surface area contributed by atoms with Crippen molar-refractivity contribution in [3.63, 3.8) is 0 Å². The standard InChI is InChI=1S/C21H36N2O2/c1-25-21(24)16-14-12-10-8-6-4-2-3-5-7-9-11-13-15-20-19-22-17-18-23-20/h17-19H,2-16H2,1H3. The molecule has 0 saturated carbocycles. The van der Waals surface area contributed by atoms with E-state index in [0.717, 1.165) is 25.0 Å². The zero-order chi connectivity index (χ0) is 18.0. The van der Waals surface area contributed by atoms with Gasteiger partial charge in [-0.25, -0.2) is 0 Å². The van der Waals surface area contributed by atoms with Crippen molar-refractivity contribution in [2.45, 2.75) is 96.3 Å². The molecule has 1 heterocycles. The van der Waals surface area contributed by atoms with E-state index in [4.69, 9.17) is 0 Å². The van der Waals surface area contributed by atoms with E-state index in [-0.39, 0.29) is 5.97 Å². The van der Waals surface area contributed by atoms with Crippen LogP contribution in [0.5, 0.6) is 0 Å². The SMILES string of the molecule is COC(=O)CCCCCCCCCCCCCCCc1cnccn1. The molecule has 0 radical (unpaired) electrons. The van der Waals surface area contributed by atoms with Gasteiger partial charge < -0.3 is 4.74 Å². The van der Waals surface area contributed by atoms with Crippen molar-refractivity contribution in [2.24, 2.45) is 0 Å². The average molecular weight is 349 g/mol. The fraction of sp³-hybridized carbons (Fsp3) is 0.762. The topological polar surface area (TPSA) is 52.1 Å². The number of aromatic nitrogens is 2. The lowest BCUT2D eigenvalue weighted by Crippen LogP contribution is -1.99. The zero-order valence-electron chi connectivity index (χ0n) is 16.0. The molecule has 142 valence electrons. The van der Waals surface area contributed by atoms with E-state index in [9.17, 15) is 4.79 Å². The maximum absolute atomic E-state index is 11.0. The lowest BCUT2D eigenvalue weighted by molar-refractivity contribution is -0.140. The first-order valence-corrected chi connectivity index (χ1v) is 10.1. The van der Waals surface area contributed by atoms with E-state index in [1.54, 1.807) is 12.4 Å². The first-order valence-electron chi connectivity index (χ1n) is 10.1. The van der Waals surface area contributed by atoms with Gasteiger partial charge in [0.25, 0.3) is 0 Å². The van der Waals surface area contributed by atoms with Crippen LogP contribution in [0.2, 0.25) is 0 Å². The third-order valence-corrected chi connectivity index (χ3v) is 4.66. The van der Waals surface area contributed by atoms with Gasteiger partial charge in [0.2, 0.25) is 0 Å². The van der Waals surface area contributed by atoms with Gasteiger partial charge >= 0.3 is 5.97 Å². The summed E-state index contributed by atoms with van der Waals surface area (Å²) in [5.41, 5.74) is 1.12. The van der Waals surface area contributed by atoms with Crippen LogP contribution < -0.4 is 0 Å². The van der Waals surface area contributed by atoms with Crippen molar-refractivity contribution < 1.29 is 9.53 Å².